The monoisotopic (exact) mass is 248 g/mol. The fraction of sp³-hybridized carbons (Fsp3) is 0.667. The van der Waals surface area contributed by atoms with Crippen molar-refractivity contribution in [3.63, 3.8) is 0 Å². The summed E-state index contributed by atoms with van der Waals surface area (Å²) in [5.41, 5.74) is 2.68. The van der Waals surface area contributed by atoms with Crippen LogP contribution in [0.1, 0.15) is 50.0 Å². The third kappa shape index (κ3) is 2.60. The quantitative estimate of drug-likeness (QED) is 0.807. The minimum atomic E-state index is 0.330. The fourth-order valence-corrected chi connectivity index (χ4v) is 3.00. The maximum atomic E-state index is 11.8. The van der Waals surface area contributed by atoms with Crippen molar-refractivity contribution in [1.82, 2.24) is 9.47 Å². The Bertz CT molecular complexity index is 395. The van der Waals surface area contributed by atoms with Crippen molar-refractivity contribution in [2.75, 3.05) is 13.1 Å². The topological polar surface area (TPSA) is 25.2 Å². The molecule has 1 aromatic heterocycles. The molecule has 0 aromatic carbocycles. The predicted molar refractivity (Wildman–Crippen MR) is 73.7 cm³/mol. The summed E-state index contributed by atoms with van der Waals surface area (Å²) < 4.78 is 2.43. The largest absolute Gasteiger partial charge is 0.346 e. The molecule has 0 N–H and O–H groups in total. The molecule has 1 fully saturated rings. The van der Waals surface area contributed by atoms with E-state index < -0.39 is 0 Å². The van der Waals surface area contributed by atoms with E-state index in [0.29, 0.717) is 18.4 Å². The van der Waals surface area contributed by atoms with Crippen molar-refractivity contribution < 1.29 is 4.79 Å². The third-order valence-electron chi connectivity index (χ3n) is 3.97. The summed E-state index contributed by atoms with van der Waals surface area (Å²) in [6.45, 7) is 8.24. The van der Waals surface area contributed by atoms with Crippen molar-refractivity contribution >= 4 is 5.91 Å². The minimum Gasteiger partial charge on any atom is -0.346 e. The molecule has 0 radical (unpaired) electrons. The number of carbonyl (C=O) groups is 1. The highest BCUT2D eigenvalue weighted by molar-refractivity contribution is 5.76. The molecule has 1 aromatic rings. The maximum absolute atomic E-state index is 11.8. The van der Waals surface area contributed by atoms with E-state index in [0.717, 1.165) is 32.4 Å². The lowest BCUT2D eigenvalue weighted by Gasteiger charge is -2.34. The van der Waals surface area contributed by atoms with Crippen molar-refractivity contribution in [3.05, 3.63) is 23.5 Å². The van der Waals surface area contributed by atoms with Crippen LogP contribution in [0, 0.1) is 13.8 Å². The second-order valence-corrected chi connectivity index (χ2v) is 5.35. The molecule has 1 saturated heterocycles. The fourth-order valence-electron chi connectivity index (χ4n) is 3.00. The van der Waals surface area contributed by atoms with Gasteiger partial charge in [-0.1, -0.05) is 6.92 Å². The average Bonchev–Trinajstić information content (AvgIpc) is 2.70. The van der Waals surface area contributed by atoms with Gasteiger partial charge in [-0.25, -0.2) is 0 Å². The Morgan fingerprint density at radius 3 is 2.28 bits per heavy atom. The first-order valence-corrected chi connectivity index (χ1v) is 7.05. The Labute approximate surface area is 110 Å². The Morgan fingerprint density at radius 1 is 1.22 bits per heavy atom. The summed E-state index contributed by atoms with van der Waals surface area (Å²) in [5, 5.41) is 0. The normalized spacial score (nSPS) is 17.2. The average molecular weight is 248 g/mol. The third-order valence-corrected chi connectivity index (χ3v) is 3.97. The molecule has 0 atom stereocenters. The molecule has 1 aliphatic heterocycles. The van der Waals surface area contributed by atoms with Gasteiger partial charge in [-0.3, -0.25) is 4.79 Å². The molecule has 3 heteroatoms. The van der Waals surface area contributed by atoms with Gasteiger partial charge < -0.3 is 9.47 Å². The molecule has 0 unspecified atom stereocenters. The highest BCUT2D eigenvalue weighted by Gasteiger charge is 2.24. The molecule has 1 aliphatic rings. The lowest BCUT2D eigenvalue weighted by atomic mass is 10.0. The van der Waals surface area contributed by atoms with Gasteiger partial charge in [0.15, 0.2) is 0 Å². The van der Waals surface area contributed by atoms with E-state index in [1.807, 2.05) is 4.90 Å². The van der Waals surface area contributed by atoms with Crippen molar-refractivity contribution in [3.8, 4) is 0 Å². The van der Waals surface area contributed by atoms with Crippen LogP contribution in [-0.2, 0) is 4.79 Å². The number of hydrogen-bond donors (Lipinski definition) is 0. The molecule has 18 heavy (non-hydrogen) atoms. The van der Waals surface area contributed by atoms with E-state index >= 15 is 0 Å². The van der Waals surface area contributed by atoms with E-state index in [1.165, 1.54) is 11.4 Å². The van der Waals surface area contributed by atoms with Crippen LogP contribution in [0.2, 0.25) is 0 Å². The molecule has 0 aliphatic carbocycles. The second kappa shape index (κ2) is 5.59. The number of hydrogen-bond acceptors (Lipinski definition) is 1. The number of carbonyl (C=O) groups excluding carboxylic acids is 1. The van der Waals surface area contributed by atoms with Crippen molar-refractivity contribution in [2.24, 2.45) is 0 Å². The number of aromatic nitrogens is 1. The van der Waals surface area contributed by atoms with Gasteiger partial charge in [-0.15, -0.1) is 0 Å². The Kier molecular flexibility index (Phi) is 4.10. The molecule has 0 bridgehead atoms. The molecule has 1 amide bonds. The Balaban J connectivity index is 1.97. The van der Waals surface area contributed by atoms with Gasteiger partial charge in [-0.05, 0) is 45.2 Å². The van der Waals surface area contributed by atoms with Gasteiger partial charge in [-0.2, -0.15) is 0 Å². The first-order chi connectivity index (χ1) is 8.63. The van der Waals surface area contributed by atoms with Crippen LogP contribution in [0.3, 0.4) is 0 Å². The number of likely N-dealkylation sites (tertiary alicyclic amines) is 1. The van der Waals surface area contributed by atoms with Crippen LogP contribution in [0.15, 0.2) is 12.1 Å². The van der Waals surface area contributed by atoms with Gasteiger partial charge in [0.1, 0.15) is 0 Å². The number of piperidine rings is 1. The van der Waals surface area contributed by atoms with Gasteiger partial charge in [0.2, 0.25) is 5.91 Å². The van der Waals surface area contributed by atoms with E-state index in [4.69, 9.17) is 0 Å². The van der Waals surface area contributed by atoms with Crippen molar-refractivity contribution in [2.45, 2.75) is 52.5 Å². The van der Waals surface area contributed by atoms with Gasteiger partial charge in [0, 0.05) is 36.9 Å². The summed E-state index contributed by atoms with van der Waals surface area (Å²) in [5.74, 6) is 0.330. The number of aryl methyl sites for hydroxylation is 2. The van der Waals surface area contributed by atoms with Gasteiger partial charge in [0.25, 0.3) is 0 Å². The zero-order valence-corrected chi connectivity index (χ0v) is 11.8. The summed E-state index contributed by atoms with van der Waals surface area (Å²) in [4.78, 5) is 13.9. The van der Waals surface area contributed by atoms with Crippen LogP contribution < -0.4 is 0 Å². The van der Waals surface area contributed by atoms with Crippen LogP contribution in [0.5, 0.6) is 0 Å². The van der Waals surface area contributed by atoms with Crippen LogP contribution in [-0.4, -0.2) is 28.5 Å². The molecular formula is C15H24N2O. The minimum absolute atomic E-state index is 0.330. The summed E-state index contributed by atoms with van der Waals surface area (Å²) >= 11 is 0. The highest BCUT2D eigenvalue weighted by Crippen LogP contribution is 2.26. The van der Waals surface area contributed by atoms with E-state index in [1.54, 1.807) is 0 Å². The molecule has 2 heterocycles. The smallest absolute Gasteiger partial charge is 0.222 e. The molecule has 3 nitrogen and oxygen atoms in total. The van der Waals surface area contributed by atoms with Crippen LogP contribution in [0.25, 0.3) is 0 Å². The van der Waals surface area contributed by atoms with Gasteiger partial charge in [0.05, 0.1) is 0 Å². The molecule has 0 spiro atoms. The summed E-state index contributed by atoms with van der Waals surface area (Å²) in [6, 6.07) is 4.94. The highest BCUT2D eigenvalue weighted by atomic mass is 16.2. The first-order valence-electron chi connectivity index (χ1n) is 7.05. The number of nitrogens with zero attached hydrogens (tertiary/aromatic N) is 2. The van der Waals surface area contributed by atoms with Crippen LogP contribution >= 0.6 is 0 Å². The predicted octanol–water partition coefficient (Wildman–Crippen LogP) is 3.07. The lowest BCUT2D eigenvalue weighted by molar-refractivity contribution is -0.132. The lowest BCUT2D eigenvalue weighted by Crippen LogP contribution is -2.39. The zero-order valence-electron chi connectivity index (χ0n) is 11.8. The first kappa shape index (κ1) is 13.2. The van der Waals surface area contributed by atoms with E-state index in [-0.39, 0.29) is 0 Å². The van der Waals surface area contributed by atoms with E-state index in [2.05, 4.69) is 37.5 Å². The summed E-state index contributed by atoms with van der Waals surface area (Å²) in [6.07, 6.45) is 3.83. The number of rotatable bonds is 3. The van der Waals surface area contributed by atoms with Crippen LogP contribution in [0.4, 0.5) is 0 Å². The molecule has 0 saturated carbocycles. The maximum Gasteiger partial charge on any atom is 0.222 e. The van der Waals surface area contributed by atoms with E-state index in [9.17, 15) is 4.79 Å². The Morgan fingerprint density at radius 2 is 1.78 bits per heavy atom. The summed E-state index contributed by atoms with van der Waals surface area (Å²) in [7, 11) is 0. The Hall–Kier alpha value is -1.25. The standard InChI is InChI=1S/C15H24N2O/c1-4-5-15(18)16-10-8-14(9-11-16)17-12(2)6-7-13(17)3/h6-7,14H,4-5,8-11H2,1-3H3. The van der Waals surface area contributed by atoms with Crippen molar-refractivity contribution in [1.29, 1.82) is 0 Å². The molecule has 100 valence electrons. The van der Waals surface area contributed by atoms with Gasteiger partial charge >= 0.3 is 0 Å². The molecular weight excluding hydrogens is 224 g/mol. The number of amides is 1. The zero-order chi connectivity index (χ0) is 13.1. The second-order valence-electron chi connectivity index (χ2n) is 5.35. The SMILES string of the molecule is CCCC(=O)N1CCC(n2c(C)ccc2C)CC1. The molecule has 2 rings (SSSR count).